The molecular formula is C18H16ClNO2S. The quantitative estimate of drug-likeness (QED) is 0.744. The van der Waals surface area contributed by atoms with Crippen molar-refractivity contribution in [1.82, 2.24) is 5.32 Å². The van der Waals surface area contributed by atoms with Crippen LogP contribution in [0, 0.1) is 0 Å². The number of rotatable bonds is 4. The summed E-state index contributed by atoms with van der Waals surface area (Å²) < 4.78 is 1.11. The van der Waals surface area contributed by atoms with Crippen molar-refractivity contribution in [2.24, 2.45) is 0 Å². The van der Waals surface area contributed by atoms with E-state index in [9.17, 15) is 9.90 Å². The van der Waals surface area contributed by atoms with Gasteiger partial charge in [-0.1, -0.05) is 41.9 Å². The molecule has 0 fully saturated rings. The van der Waals surface area contributed by atoms with Crippen LogP contribution in [0.25, 0.3) is 10.1 Å². The third-order valence-electron chi connectivity index (χ3n) is 3.67. The number of hydrogen-bond acceptors (Lipinski definition) is 3. The van der Waals surface area contributed by atoms with E-state index in [1.807, 2.05) is 30.3 Å². The van der Waals surface area contributed by atoms with Gasteiger partial charge in [-0.05, 0) is 36.6 Å². The van der Waals surface area contributed by atoms with Gasteiger partial charge in [0.15, 0.2) is 0 Å². The second-order valence-electron chi connectivity index (χ2n) is 5.58. The molecule has 0 saturated heterocycles. The lowest BCUT2D eigenvalue weighted by molar-refractivity contribution is 0.0557. The van der Waals surface area contributed by atoms with Crippen molar-refractivity contribution in [2.75, 3.05) is 6.54 Å². The van der Waals surface area contributed by atoms with E-state index >= 15 is 0 Å². The Morgan fingerprint density at radius 1 is 1.22 bits per heavy atom. The molecule has 0 aliphatic heterocycles. The zero-order valence-electron chi connectivity index (χ0n) is 12.5. The zero-order valence-corrected chi connectivity index (χ0v) is 14.1. The summed E-state index contributed by atoms with van der Waals surface area (Å²) in [6.45, 7) is 1.81. The van der Waals surface area contributed by atoms with Crippen LogP contribution in [0.4, 0.5) is 0 Å². The Kier molecular flexibility index (Phi) is 4.39. The Labute approximate surface area is 143 Å². The standard InChI is InChI=1S/C18H16ClNO2S/c1-18(22,16-10-12-6-2-5-9-15(12)23-16)11-20-17(21)13-7-3-4-8-14(13)19/h2-10,22H,11H2,1H3,(H,20,21)/t18-/m1/s1. The monoisotopic (exact) mass is 345 g/mol. The third-order valence-corrected chi connectivity index (χ3v) is 5.37. The first kappa shape index (κ1) is 16.0. The van der Waals surface area contributed by atoms with Crippen LogP contribution >= 0.6 is 22.9 Å². The van der Waals surface area contributed by atoms with Gasteiger partial charge < -0.3 is 10.4 Å². The van der Waals surface area contributed by atoms with E-state index in [0.29, 0.717) is 10.6 Å². The first-order valence-electron chi connectivity index (χ1n) is 7.21. The maximum Gasteiger partial charge on any atom is 0.252 e. The van der Waals surface area contributed by atoms with E-state index in [1.54, 1.807) is 31.2 Å². The SMILES string of the molecule is C[C@@](O)(CNC(=O)c1ccccc1Cl)c1cc2ccccc2s1. The van der Waals surface area contributed by atoms with Gasteiger partial charge in [0, 0.05) is 9.58 Å². The Morgan fingerprint density at radius 2 is 1.91 bits per heavy atom. The first-order chi connectivity index (χ1) is 11.0. The molecule has 23 heavy (non-hydrogen) atoms. The van der Waals surface area contributed by atoms with Crippen LogP contribution in [0.2, 0.25) is 5.02 Å². The van der Waals surface area contributed by atoms with Crippen LogP contribution in [0.3, 0.4) is 0 Å². The molecule has 1 heterocycles. The summed E-state index contributed by atoms with van der Waals surface area (Å²) in [5.74, 6) is -0.294. The van der Waals surface area contributed by atoms with Gasteiger partial charge in [-0.25, -0.2) is 0 Å². The molecule has 2 N–H and O–H groups in total. The summed E-state index contributed by atoms with van der Waals surface area (Å²) in [6, 6.07) is 16.8. The van der Waals surface area contributed by atoms with Gasteiger partial charge in [0.05, 0.1) is 17.1 Å². The number of benzene rings is 2. The van der Waals surface area contributed by atoms with Crippen LogP contribution in [-0.2, 0) is 5.60 Å². The molecule has 0 radical (unpaired) electrons. The van der Waals surface area contributed by atoms with Crippen LogP contribution in [0.1, 0.15) is 22.2 Å². The van der Waals surface area contributed by atoms with Crippen molar-refractivity contribution in [3.63, 3.8) is 0 Å². The van der Waals surface area contributed by atoms with Crippen molar-refractivity contribution in [2.45, 2.75) is 12.5 Å². The molecule has 1 atom stereocenters. The highest BCUT2D eigenvalue weighted by Gasteiger charge is 2.26. The first-order valence-corrected chi connectivity index (χ1v) is 8.41. The highest BCUT2D eigenvalue weighted by Crippen LogP contribution is 2.32. The Balaban J connectivity index is 1.76. The van der Waals surface area contributed by atoms with Crippen molar-refractivity contribution in [1.29, 1.82) is 0 Å². The second-order valence-corrected chi connectivity index (χ2v) is 7.08. The average molecular weight is 346 g/mol. The normalized spacial score (nSPS) is 13.7. The fraction of sp³-hybridized carbons (Fsp3) is 0.167. The van der Waals surface area contributed by atoms with Gasteiger partial charge in [-0.3, -0.25) is 4.79 Å². The molecule has 3 rings (SSSR count). The lowest BCUT2D eigenvalue weighted by Crippen LogP contribution is -2.38. The van der Waals surface area contributed by atoms with Crippen molar-refractivity contribution in [3.05, 3.63) is 70.1 Å². The third kappa shape index (κ3) is 3.39. The van der Waals surface area contributed by atoms with Crippen LogP contribution in [-0.4, -0.2) is 17.6 Å². The number of carbonyl (C=O) groups excluding carboxylic acids is 1. The fourth-order valence-corrected chi connectivity index (χ4v) is 3.66. The molecule has 0 bridgehead atoms. The molecule has 5 heteroatoms. The smallest absolute Gasteiger partial charge is 0.252 e. The number of hydrogen-bond donors (Lipinski definition) is 2. The van der Waals surface area contributed by atoms with Gasteiger partial charge in [0.25, 0.3) is 5.91 Å². The maximum absolute atomic E-state index is 12.2. The summed E-state index contributed by atoms with van der Waals surface area (Å²) in [5.41, 5.74) is -0.734. The minimum atomic E-state index is -1.14. The predicted octanol–water partition coefficient (Wildman–Crippen LogP) is 4.19. The molecule has 2 aromatic carbocycles. The molecule has 3 aromatic rings. The summed E-state index contributed by atoms with van der Waals surface area (Å²) in [4.78, 5) is 13.0. The highest BCUT2D eigenvalue weighted by molar-refractivity contribution is 7.19. The Hall–Kier alpha value is -1.88. The molecule has 0 spiro atoms. The van der Waals surface area contributed by atoms with E-state index in [0.717, 1.165) is 15.0 Å². The number of thiophene rings is 1. The predicted molar refractivity (Wildman–Crippen MR) is 95.2 cm³/mol. The topological polar surface area (TPSA) is 49.3 Å². The molecule has 118 valence electrons. The number of halogens is 1. The Morgan fingerprint density at radius 3 is 2.65 bits per heavy atom. The highest BCUT2D eigenvalue weighted by atomic mass is 35.5. The van der Waals surface area contributed by atoms with E-state index in [1.165, 1.54) is 11.3 Å². The molecule has 0 aliphatic rings. The van der Waals surface area contributed by atoms with E-state index < -0.39 is 5.60 Å². The zero-order chi connectivity index (χ0) is 16.4. The van der Waals surface area contributed by atoms with E-state index in [4.69, 9.17) is 11.6 Å². The van der Waals surface area contributed by atoms with Gasteiger partial charge >= 0.3 is 0 Å². The molecular weight excluding hydrogens is 330 g/mol. The average Bonchev–Trinajstić information content (AvgIpc) is 2.98. The maximum atomic E-state index is 12.2. The largest absolute Gasteiger partial charge is 0.383 e. The molecule has 0 unspecified atom stereocenters. The van der Waals surface area contributed by atoms with E-state index in [2.05, 4.69) is 5.32 Å². The van der Waals surface area contributed by atoms with Gasteiger partial charge in [-0.2, -0.15) is 0 Å². The number of aliphatic hydroxyl groups is 1. The number of amides is 1. The molecule has 3 nitrogen and oxygen atoms in total. The number of nitrogens with one attached hydrogen (secondary N) is 1. The lowest BCUT2D eigenvalue weighted by atomic mass is 10.0. The van der Waals surface area contributed by atoms with Crippen molar-refractivity contribution < 1.29 is 9.90 Å². The lowest BCUT2D eigenvalue weighted by Gasteiger charge is -2.22. The van der Waals surface area contributed by atoms with Crippen LogP contribution < -0.4 is 5.32 Å². The van der Waals surface area contributed by atoms with Crippen LogP contribution in [0.15, 0.2) is 54.6 Å². The minimum absolute atomic E-state index is 0.115. The molecule has 0 saturated carbocycles. The van der Waals surface area contributed by atoms with Crippen molar-refractivity contribution in [3.8, 4) is 0 Å². The van der Waals surface area contributed by atoms with Crippen molar-refractivity contribution >= 4 is 38.9 Å². The summed E-state index contributed by atoms with van der Waals surface area (Å²) in [6.07, 6.45) is 0. The van der Waals surface area contributed by atoms with Crippen LogP contribution in [0.5, 0.6) is 0 Å². The van der Waals surface area contributed by atoms with E-state index in [-0.39, 0.29) is 12.5 Å². The van der Waals surface area contributed by atoms with Gasteiger partial charge in [0.1, 0.15) is 5.60 Å². The minimum Gasteiger partial charge on any atom is -0.383 e. The summed E-state index contributed by atoms with van der Waals surface area (Å²) >= 11 is 7.55. The second kappa shape index (κ2) is 6.32. The molecule has 1 aromatic heterocycles. The fourth-order valence-electron chi connectivity index (χ4n) is 2.33. The molecule has 1 amide bonds. The number of fused-ring (bicyclic) bond motifs is 1. The molecule has 0 aliphatic carbocycles. The van der Waals surface area contributed by atoms with Gasteiger partial charge in [-0.15, -0.1) is 11.3 Å². The van der Waals surface area contributed by atoms with Gasteiger partial charge in [0.2, 0.25) is 0 Å². The Bertz CT molecular complexity index is 824. The summed E-state index contributed by atoms with van der Waals surface area (Å²) in [7, 11) is 0. The number of carbonyl (C=O) groups is 1. The summed E-state index contributed by atoms with van der Waals surface area (Å²) in [5, 5.41) is 15.0.